The van der Waals surface area contributed by atoms with Gasteiger partial charge in [-0.1, -0.05) is 6.07 Å². The Morgan fingerprint density at radius 2 is 2.24 bits per heavy atom. The van der Waals surface area contributed by atoms with E-state index in [1.165, 1.54) is 20.0 Å². The molecule has 21 heavy (non-hydrogen) atoms. The van der Waals surface area contributed by atoms with Gasteiger partial charge in [0.05, 0.1) is 7.11 Å². The van der Waals surface area contributed by atoms with Crippen LogP contribution in [0.5, 0.6) is 5.75 Å². The summed E-state index contributed by atoms with van der Waals surface area (Å²) in [5, 5.41) is 9.24. The minimum Gasteiger partial charge on any atom is -0.496 e. The maximum atomic E-state index is 11.3. The predicted molar refractivity (Wildman–Crippen MR) is 81.9 cm³/mol. The van der Waals surface area contributed by atoms with Crippen LogP contribution in [-0.4, -0.2) is 61.2 Å². The van der Waals surface area contributed by atoms with Crippen LogP contribution in [0.3, 0.4) is 0 Å². The number of piperidine rings is 1. The Kier molecular flexibility index (Phi) is 5.20. The zero-order valence-corrected chi connectivity index (χ0v) is 13.0. The number of rotatable bonds is 5. The van der Waals surface area contributed by atoms with Crippen molar-refractivity contribution in [1.82, 2.24) is 9.80 Å². The minimum absolute atomic E-state index is 0.233. The number of nitrogens with zero attached hydrogens (tertiary/aromatic N) is 2. The van der Waals surface area contributed by atoms with E-state index in [-0.39, 0.29) is 5.56 Å². The van der Waals surface area contributed by atoms with Crippen molar-refractivity contribution in [3.63, 3.8) is 0 Å². The van der Waals surface area contributed by atoms with Crippen molar-refractivity contribution in [2.45, 2.75) is 25.4 Å². The molecule has 0 saturated carbocycles. The predicted octanol–water partition coefficient (Wildman–Crippen LogP) is 1.92. The van der Waals surface area contributed by atoms with Crippen LogP contribution in [0.4, 0.5) is 0 Å². The lowest BCUT2D eigenvalue weighted by atomic mass is 10.0. The van der Waals surface area contributed by atoms with Crippen molar-refractivity contribution < 1.29 is 14.6 Å². The second-order valence-corrected chi connectivity index (χ2v) is 5.83. The molecule has 116 valence electrons. The first-order valence-corrected chi connectivity index (χ1v) is 7.30. The third-order valence-corrected chi connectivity index (χ3v) is 4.11. The number of aromatic carboxylic acids is 1. The van der Waals surface area contributed by atoms with Crippen LogP contribution in [0.25, 0.3) is 0 Å². The highest BCUT2D eigenvalue weighted by Crippen LogP contribution is 2.22. The Morgan fingerprint density at radius 1 is 1.48 bits per heavy atom. The first-order chi connectivity index (χ1) is 10.0. The van der Waals surface area contributed by atoms with Gasteiger partial charge in [-0.05, 0) is 51.2 Å². The quantitative estimate of drug-likeness (QED) is 0.898. The molecule has 1 aromatic carbocycles. The summed E-state index contributed by atoms with van der Waals surface area (Å²) in [5.41, 5.74) is 1.25. The van der Waals surface area contributed by atoms with Crippen LogP contribution in [0.1, 0.15) is 28.8 Å². The molecule has 1 unspecified atom stereocenters. The molecular weight excluding hydrogens is 268 g/mol. The van der Waals surface area contributed by atoms with E-state index in [9.17, 15) is 9.90 Å². The number of carbonyl (C=O) groups is 1. The van der Waals surface area contributed by atoms with Gasteiger partial charge in [0.2, 0.25) is 0 Å². The molecule has 5 nitrogen and oxygen atoms in total. The van der Waals surface area contributed by atoms with Crippen molar-refractivity contribution in [2.24, 2.45) is 0 Å². The molecular formula is C16H24N2O3. The fraction of sp³-hybridized carbons (Fsp3) is 0.562. The number of likely N-dealkylation sites (tertiary alicyclic amines) is 1. The number of carboxylic acid groups (broad SMARTS) is 1. The second-order valence-electron chi connectivity index (χ2n) is 5.83. The summed E-state index contributed by atoms with van der Waals surface area (Å²) in [4.78, 5) is 15.9. The molecule has 1 aliphatic heterocycles. The Hall–Kier alpha value is -1.59. The number of hydrogen-bond acceptors (Lipinski definition) is 4. The number of benzene rings is 1. The van der Waals surface area contributed by atoms with Gasteiger partial charge in [-0.3, -0.25) is 4.90 Å². The van der Waals surface area contributed by atoms with Gasteiger partial charge in [-0.2, -0.15) is 0 Å². The van der Waals surface area contributed by atoms with E-state index in [2.05, 4.69) is 23.9 Å². The SMILES string of the molecule is COc1ccc(CN2CCCC(N(C)C)C2)cc1C(=O)O. The maximum Gasteiger partial charge on any atom is 0.339 e. The van der Waals surface area contributed by atoms with Crippen LogP contribution >= 0.6 is 0 Å². The molecule has 2 rings (SSSR count). The van der Waals surface area contributed by atoms with Crippen LogP contribution in [-0.2, 0) is 6.54 Å². The van der Waals surface area contributed by atoms with Crippen molar-refractivity contribution >= 4 is 5.97 Å². The topological polar surface area (TPSA) is 53.0 Å². The lowest BCUT2D eigenvalue weighted by molar-refractivity contribution is 0.0693. The monoisotopic (exact) mass is 292 g/mol. The highest BCUT2D eigenvalue weighted by molar-refractivity contribution is 5.91. The van der Waals surface area contributed by atoms with Gasteiger partial charge in [-0.15, -0.1) is 0 Å². The molecule has 0 bridgehead atoms. The Balaban J connectivity index is 2.09. The van der Waals surface area contributed by atoms with Gasteiger partial charge in [0, 0.05) is 19.1 Å². The Bertz CT molecular complexity index is 502. The summed E-state index contributed by atoms with van der Waals surface area (Å²) in [6.45, 7) is 2.88. The van der Waals surface area contributed by atoms with Gasteiger partial charge in [0.15, 0.2) is 0 Å². The van der Waals surface area contributed by atoms with E-state index in [0.717, 1.165) is 25.2 Å². The molecule has 5 heteroatoms. The molecule has 0 radical (unpaired) electrons. The largest absolute Gasteiger partial charge is 0.496 e. The van der Waals surface area contributed by atoms with Crippen molar-refractivity contribution in [2.75, 3.05) is 34.3 Å². The molecule has 1 fully saturated rings. The average Bonchev–Trinajstić information content (AvgIpc) is 2.47. The smallest absolute Gasteiger partial charge is 0.339 e. The van der Waals surface area contributed by atoms with Crippen molar-refractivity contribution in [3.8, 4) is 5.75 Å². The molecule has 1 atom stereocenters. The Labute approximate surface area is 126 Å². The zero-order chi connectivity index (χ0) is 15.4. The zero-order valence-electron chi connectivity index (χ0n) is 13.0. The van der Waals surface area contributed by atoms with Gasteiger partial charge < -0.3 is 14.7 Å². The van der Waals surface area contributed by atoms with E-state index < -0.39 is 5.97 Å². The first-order valence-electron chi connectivity index (χ1n) is 7.30. The van der Waals surface area contributed by atoms with Crippen LogP contribution in [0.2, 0.25) is 0 Å². The molecule has 1 aromatic rings. The van der Waals surface area contributed by atoms with Crippen LogP contribution in [0.15, 0.2) is 18.2 Å². The maximum absolute atomic E-state index is 11.3. The van der Waals surface area contributed by atoms with Crippen LogP contribution in [0, 0.1) is 0 Å². The fourth-order valence-corrected chi connectivity index (χ4v) is 2.88. The molecule has 1 aliphatic rings. The van der Waals surface area contributed by atoms with Gasteiger partial charge in [0.25, 0.3) is 0 Å². The average molecular weight is 292 g/mol. The van der Waals surface area contributed by atoms with E-state index in [0.29, 0.717) is 11.8 Å². The van der Waals surface area contributed by atoms with Crippen molar-refractivity contribution in [1.29, 1.82) is 0 Å². The van der Waals surface area contributed by atoms with Gasteiger partial charge in [0.1, 0.15) is 11.3 Å². The standard InChI is InChI=1S/C16H24N2O3/c1-17(2)13-5-4-8-18(11-13)10-12-6-7-15(21-3)14(9-12)16(19)20/h6-7,9,13H,4-5,8,10-11H2,1-3H3,(H,19,20). The summed E-state index contributed by atoms with van der Waals surface area (Å²) < 4.78 is 5.10. The molecule has 0 aliphatic carbocycles. The summed E-state index contributed by atoms with van der Waals surface area (Å²) in [6, 6.07) is 5.99. The van der Waals surface area contributed by atoms with E-state index in [4.69, 9.17) is 4.74 Å². The van der Waals surface area contributed by atoms with Crippen molar-refractivity contribution in [3.05, 3.63) is 29.3 Å². The molecule has 1 heterocycles. The lowest BCUT2D eigenvalue weighted by Crippen LogP contribution is -2.44. The normalized spacial score (nSPS) is 19.7. The molecule has 1 saturated heterocycles. The third kappa shape index (κ3) is 3.95. The summed E-state index contributed by atoms with van der Waals surface area (Å²) in [7, 11) is 5.72. The number of methoxy groups -OCH3 is 1. The highest BCUT2D eigenvalue weighted by atomic mass is 16.5. The third-order valence-electron chi connectivity index (χ3n) is 4.11. The molecule has 0 spiro atoms. The molecule has 0 aromatic heterocycles. The van der Waals surface area contributed by atoms with Crippen LogP contribution < -0.4 is 4.74 Å². The lowest BCUT2D eigenvalue weighted by Gasteiger charge is -2.36. The molecule has 0 amide bonds. The second kappa shape index (κ2) is 6.91. The number of likely N-dealkylation sites (N-methyl/N-ethyl adjacent to an activating group) is 1. The van der Waals surface area contributed by atoms with E-state index >= 15 is 0 Å². The van der Waals surface area contributed by atoms with E-state index in [1.54, 1.807) is 12.1 Å². The number of hydrogen-bond donors (Lipinski definition) is 1. The first kappa shape index (κ1) is 15.8. The number of ether oxygens (including phenoxy) is 1. The number of carboxylic acids is 1. The summed E-state index contributed by atoms with van der Waals surface area (Å²) >= 11 is 0. The minimum atomic E-state index is -0.946. The van der Waals surface area contributed by atoms with Gasteiger partial charge in [-0.25, -0.2) is 4.79 Å². The fourth-order valence-electron chi connectivity index (χ4n) is 2.88. The summed E-state index contributed by atoms with van der Waals surface area (Å²) in [6.07, 6.45) is 2.41. The summed E-state index contributed by atoms with van der Waals surface area (Å²) in [5.74, 6) is -0.533. The molecule has 1 N–H and O–H groups in total. The van der Waals surface area contributed by atoms with E-state index in [1.807, 2.05) is 6.07 Å². The van der Waals surface area contributed by atoms with Gasteiger partial charge >= 0.3 is 5.97 Å². The Morgan fingerprint density at radius 3 is 2.86 bits per heavy atom. The highest BCUT2D eigenvalue weighted by Gasteiger charge is 2.21.